The van der Waals surface area contributed by atoms with Gasteiger partial charge in [-0.05, 0) is 42.3 Å². The van der Waals surface area contributed by atoms with Gasteiger partial charge in [0.05, 0.1) is 5.56 Å². The fraction of sp³-hybridized carbons (Fsp3) is 0.318. The Labute approximate surface area is 175 Å². The van der Waals surface area contributed by atoms with Crippen LogP contribution >= 0.6 is 0 Å². The molecule has 30 heavy (non-hydrogen) atoms. The zero-order valence-corrected chi connectivity index (χ0v) is 17.4. The third-order valence-corrected chi connectivity index (χ3v) is 4.34. The molecule has 2 rings (SSSR count). The quantitative estimate of drug-likeness (QED) is 0.694. The first-order valence-electron chi connectivity index (χ1n) is 9.48. The van der Waals surface area contributed by atoms with Crippen LogP contribution in [0.2, 0.25) is 0 Å². The van der Waals surface area contributed by atoms with Crippen LogP contribution in [0.5, 0.6) is 5.75 Å². The maximum atomic E-state index is 13.8. The number of likely N-dealkylation sites (N-methyl/N-ethyl adjacent to an activating group) is 1. The van der Waals surface area contributed by atoms with Gasteiger partial charge in [0.25, 0.3) is 11.8 Å². The van der Waals surface area contributed by atoms with E-state index < -0.39 is 23.7 Å². The molecule has 0 aliphatic carbocycles. The summed E-state index contributed by atoms with van der Waals surface area (Å²) in [5.74, 6) is -1.64. The molecule has 160 valence electrons. The summed E-state index contributed by atoms with van der Waals surface area (Å²) in [5.41, 5.74) is 0.377. The molecule has 0 heterocycles. The Hall–Kier alpha value is -3.42. The summed E-state index contributed by atoms with van der Waals surface area (Å²) in [4.78, 5) is 38.0. The first-order chi connectivity index (χ1) is 14.2. The Bertz CT molecular complexity index is 898. The number of hydrogen-bond donors (Lipinski definition) is 2. The van der Waals surface area contributed by atoms with E-state index >= 15 is 0 Å². The van der Waals surface area contributed by atoms with Crippen LogP contribution in [0.4, 0.5) is 10.1 Å². The highest BCUT2D eigenvalue weighted by Crippen LogP contribution is 2.17. The average molecular weight is 415 g/mol. The van der Waals surface area contributed by atoms with E-state index in [1.165, 1.54) is 23.1 Å². The summed E-state index contributed by atoms with van der Waals surface area (Å²) in [7, 11) is 3.28. The molecule has 0 bridgehead atoms. The van der Waals surface area contributed by atoms with E-state index in [4.69, 9.17) is 4.74 Å². The molecule has 2 aromatic rings. The van der Waals surface area contributed by atoms with E-state index in [2.05, 4.69) is 10.6 Å². The van der Waals surface area contributed by atoms with Crippen LogP contribution in [-0.4, -0.2) is 49.4 Å². The topological polar surface area (TPSA) is 87.7 Å². The van der Waals surface area contributed by atoms with Gasteiger partial charge in [0.1, 0.15) is 17.6 Å². The van der Waals surface area contributed by atoms with Crippen molar-refractivity contribution in [2.45, 2.75) is 19.9 Å². The minimum atomic E-state index is -0.856. The number of carbonyl (C=O) groups excluding carboxylic acids is 3. The van der Waals surface area contributed by atoms with Crippen molar-refractivity contribution < 1.29 is 23.5 Å². The summed E-state index contributed by atoms with van der Waals surface area (Å²) >= 11 is 0. The normalized spacial score (nSPS) is 11.5. The van der Waals surface area contributed by atoms with E-state index in [0.717, 1.165) is 0 Å². The number of carbonyl (C=O) groups is 3. The second-order valence-electron chi connectivity index (χ2n) is 7.27. The zero-order valence-electron chi connectivity index (χ0n) is 17.4. The molecule has 0 radical (unpaired) electrons. The van der Waals surface area contributed by atoms with Gasteiger partial charge in [-0.2, -0.15) is 0 Å². The Morgan fingerprint density at radius 1 is 1.03 bits per heavy atom. The van der Waals surface area contributed by atoms with Crippen molar-refractivity contribution in [3.63, 3.8) is 0 Å². The van der Waals surface area contributed by atoms with E-state index in [1.54, 1.807) is 58.3 Å². The highest BCUT2D eigenvalue weighted by atomic mass is 19.1. The van der Waals surface area contributed by atoms with Gasteiger partial charge in [0.15, 0.2) is 6.61 Å². The number of nitrogens with one attached hydrogen (secondary N) is 2. The van der Waals surface area contributed by atoms with Gasteiger partial charge in [-0.15, -0.1) is 0 Å². The molecule has 1 atom stereocenters. The van der Waals surface area contributed by atoms with Crippen LogP contribution < -0.4 is 15.4 Å². The van der Waals surface area contributed by atoms with Crippen molar-refractivity contribution in [1.29, 1.82) is 0 Å². The summed E-state index contributed by atoms with van der Waals surface area (Å²) < 4.78 is 19.2. The second kappa shape index (κ2) is 10.4. The number of hydrogen-bond acceptors (Lipinski definition) is 4. The number of halogens is 1. The molecule has 1 unspecified atom stereocenters. The van der Waals surface area contributed by atoms with Gasteiger partial charge in [-0.3, -0.25) is 14.4 Å². The highest BCUT2D eigenvalue weighted by molar-refractivity contribution is 6.01. The third kappa shape index (κ3) is 6.30. The van der Waals surface area contributed by atoms with E-state index in [-0.39, 0.29) is 24.0 Å². The predicted octanol–water partition coefficient (Wildman–Crippen LogP) is 2.69. The number of rotatable bonds is 8. The lowest BCUT2D eigenvalue weighted by molar-refractivity contribution is -0.130. The Balaban J connectivity index is 2.00. The smallest absolute Gasteiger partial charge is 0.259 e. The van der Waals surface area contributed by atoms with Crippen LogP contribution in [0.3, 0.4) is 0 Å². The molecule has 0 saturated carbocycles. The van der Waals surface area contributed by atoms with Crippen molar-refractivity contribution in [3.05, 3.63) is 59.9 Å². The van der Waals surface area contributed by atoms with Gasteiger partial charge in [-0.25, -0.2) is 4.39 Å². The Kier molecular flexibility index (Phi) is 7.91. The molecule has 0 fully saturated rings. The van der Waals surface area contributed by atoms with E-state index in [1.807, 2.05) is 0 Å². The molecule has 3 amide bonds. The van der Waals surface area contributed by atoms with Crippen LogP contribution in [0.25, 0.3) is 0 Å². The fourth-order valence-corrected chi connectivity index (χ4v) is 2.53. The zero-order chi connectivity index (χ0) is 22.3. The van der Waals surface area contributed by atoms with Gasteiger partial charge in [0.2, 0.25) is 5.91 Å². The minimum absolute atomic E-state index is 0.0871. The maximum Gasteiger partial charge on any atom is 0.259 e. The van der Waals surface area contributed by atoms with E-state index in [9.17, 15) is 18.8 Å². The number of benzene rings is 2. The fourth-order valence-electron chi connectivity index (χ4n) is 2.53. The summed E-state index contributed by atoms with van der Waals surface area (Å²) in [6.45, 7) is 3.48. The first-order valence-corrected chi connectivity index (χ1v) is 9.48. The molecule has 8 heteroatoms. The molecular weight excluding hydrogens is 389 g/mol. The van der Waals surface area contributed by atoms with Crippen molar-refractivity contribution in [3.8, 4) is 5.75 Å². The van der Waals surface area contributed by atoms with Crippen molar-refractivity contribution in [1.82, 2.24) is 10.2 Å². The van der Waals surface area contributed by atoms with Crippen molar-refractivity contribution >= 4 is 23.4 Å². The van der Waals surface area contributed by atoms with Gasteiger partial charge < -0.3 is 20.3 Å². The number of anilines is 1. The van der Waals surface area contributed by atoms with Crippen LogP contribution in [-0.2, 0) is 9.59 Å². The standard InChI is InChI=1S/C22H26FN3O4/c1-14(2)20(25-21(28)17-7-5-6-8-18(17)23)22(29)24-15-9-11-16(12-10-15)30-13-19(27)26(3)4/h5-12,14,20H,13H2,1-4H3,(H,24,29)(H,25,28). The molecule has 0 spiro atoms. The van der Waals surface area contributed by atoms with Gasteiger partial charge in [0, 0.05) is 19.8 Å². The maximum absolute atomic E-state index is 13.8. The SMILES string of the molecule is CC(C)C(NC(=O)c1ccccc1F)C(=O)Nc1ccc(OCC(=O)N(C)C)cc1. The summed E-state index contributed by atoms with van der Waals surface area (Å²) in [6, 6.07) is 11.2. The average Bonchev–Trinajstić information content (AvgIpc) is 2.70. The van der Waals surface area contributed by atoms with Crippen LogP contribution in [0.15, 0.2) is 48.5 Å². The largest absolute Gasteiger partial charge is 0.484 e. The second-order valence-corrected chi connectivity index (χ2v) is 7.27. The Morgan fingerprint density at radius 2 is 1.67 bits per heavy atom. The molecule has 2 aromatic carbocycles. The minimum Gasteiger partial charge on any atom is -0.484 e. The lowest BCUT2D eigenvalue weighted by atomic mass is 10.0. The number of nitrogens with zero attached hydrogens (tertiary/aromatic N) is 1. The predicted molar refractivity (Wildman–Crippen MR) is 112 cm³/mol. The Morgan fingerprint density at radius 3 is 2.23 bits per heavy atom. The molecule has 0 aliphatic heterocycles. The van der Waals surface area contributed by atoms with Crippen LogP contribution in [0, 0.1) is 11.7 Å². The molecule has 0 aromatic heterocycles. The van der Waals surface area contributed by atoms with Crippen molar-refractivity contribution in [2.75, 3.05) is 26.0 Å². The summed E-state index contributed by atoms with van der Waals surface area (Å²) in [5, 5.41) is 5.32. The summed E-state index contributed by atoms with van der Waals surface area (Å²) in [6.07, 6.45) is 0. The highest BCUT2D eigenvalue weighted by Gasteiger charge is 2.25. The molecular formula is C22H26FN3O4. The molecule has 0 aliphatic rings. The first kappa shape index (κ1) is 22.9. The van der Waals surface area contributed by atoms with E-state index in [0.29, 0.717) is 11.4 Å². The third-order valence-electron chi connectivity index (χ3n) is 4.34. The molecule has 2 N–H and O–H groups in total. The lowest BCUT2D eigenvalue weighted by Gasteiger charge is -2.22. The van der Waals surface area contributed by atoms with Crippen molar-refractivity contribution in [2.24, 2.45) is 5.92 Å². The van der Waals surface area contributed by atoms with Crippen LogP contribution in [0.1, 0.15) is 24.2 Å². The lowest BCUT2D eigenvalue weighted by Crippen LogP contribution is -2.47. The molecule has 7 nitrogen and oxygen atoms in total. The number of ether oxygens (including phenoxy) is 1. The monoisotopic (exact) mass is 415 g/mol. The molecule has 0 saturated heterocycles. The van der Waals surface area contributed by atoms with Gasteiger partial charge in [-0.1, -0.05) is 26.0 Å². The number of amides is 3. The van der Waals surface area contributed by atoms with Gasteiger partial charge >= 0.3 is 0 Å².